The molecule has 1 aromatic carbocycles. The van der Waals surface area contributed by atoms with E-state index in [1.165, 1.54) is 24.2 Å². The van der Waals surface area contributed by atoms with Crippen LogP contribution in [0.4, 0.5) is 16.9 Å². The van der Waals surface area contributed by atoms with Gasteiger partial charge in [0.05, 0.1) is 10.7 Å². The zero-order valence-electron chi connectivity index (χ0n) is 20.9. The molecule has 0 radical (unpaired) electrons. The lowest BCUT2D eigenvalue weighted by Gasteiger charge is -2.29. The molecule has 0 unspecified atom stereocenters. The first-order valence-corrected chi connectivity index (χ1v) is 14.1. The average Bonchev–Trinajstić information content (AvgIpc) is 3.48. The number of benzene rings is 1. The number of nitrogen functional groups attached to an aromatic ring is 1. The van der Waals surface area contributed by atoms with Crippen LogP contribution in [0, 0.1) is 17.2 Å². The third kappa shape index (κ3) is 6.10. The quantitative estimate of drug-likeness (QED) is 0.242. The summed E-state index contributed by atoms with van der Waals surface area (Å²) in [6, 6.07) is 9.27. The molecule has 1 aliphatic heterocycles. The van der Waals surface area contributed by atoms with E-state index in [0.717, 1.165) is 43.4 Å². The number of nitriles is 1. The second-order valence-corrected chi connectivity index (χ2v) is 11.2. The Hall–Kier alpha value is -3.17. The van der Waals surface area contributed by atoms with Gasteiger partial charge < -0.3 is 21.3 Å². The summed E-state index contributed by atoms with van der Waals surface area (Å²) in [5.74, 6) is 2.35. The summed E-state index contributed by atoms with van der Waals surface area (Å²) in [7, 11) is 0. The van der Waals surface area contributed by atoms with Gasteiger partial charge in [0.15, 0.2) is 22.4 Å². The van der Waals surface area contributed by atoms with Crippen LogP contribution in [0.3, 0.4) is 0 Å². The first-order valence-electron chi connectivity index (χ1n) is 12.5. The monoisotopic (exact) mass is 570 g/mol. The lowest BCUT2D eigenvalue weighted by atomic mass is 9.99. The largest absolute Gasteiger partial charge is 0.382 e. The van der Waals surface area contributed by atoms with Gasteiger partial charge in [-0.25, -0.2) is 15.0 Å². The maximum absolute atomic E-state index is 9.09. The van der Waals surface area contributed by atoms with Crippen molar-refractivity contribution in [3.05, 3.63) is 45.0 Å². The van der Waals surface area contributed by atoms with Crippen molar-refractivity contribution in [1.82, 2.24) is 29.5 Å². The van der Waals surface area contributed by atoms with Crippen LogP contribution in [0.25, 0.3) is 16.9 Å². The molecular formula is C25H28Cl2N10S. The van der Waals surface area contributed by atoms with E-state index in [2.05, 4.69) is 27.4 Å². The molecule has 0 amide bonds. The van der Waals surface area contributed by atoms with E-state index in [0.29, 0.717) is 50.4 Å². The fourth-order valence-corrected chi connectivity index (χ4v) is 5.58. The second-order valence-electron chi connectivity index (χ2n) is 9.36. The molecular weight excluding hydrogens is 543 g/mol. The minimum Gasteiger partial charge on any atom is -0.382 e. The normalized spacial score (nSPS) is 14.6. The number of thiazole rings is 1. The Bertz CT molecular complexity index is 1470. The van der Waals surface area contributed by atoms with E-state index in [-0.39, 0.29) is 5.82 Å². The number of hydrogen-bond acceptors (Lipinski definition) is 10. The summed E-state index contributed by atoms with van der Waals surface area (Å²) in [5.41, 5.74) is 7.87. The van der Waals surface area contributed by atoms with Crippen molar-refractivity contribution < 1.29 is 0 Å². The van der Waals surface area contributed by atoms with Gasteiger partial charge in [-0.05, 0) is 50.0 Å². The first kappa shape index (κ1) is 26.4. The molecule has 0 aliphatic carbocycles. The molecule has 5 rings (SSSR count). The predicted octanol–water partition coefficient (Wildman–Crippen LogP) is 4.81. The smallest absolute Gasteiger partial charge is 0.226 e. The standard InChI is InChI=1S/C25H28Cl2N10S/c1-15-4-9-36(10-5-15)11-6-21-33-22-13-19(17-3-2-16(26)12-18(17)27)32-24(37(22)35-21)30-7-8-31-25-34-23(29)20(14-28)38-25/h2-3,12-13,15H,4-11,29H2,1H3,(H,30,32)(H,31,34). The molecule has 1 fully saturated rings. The number of halogens is 2. The lowest BCUT2D eigenvalue weighted by Crippen LogP contribution is -2.34. The van der Waals surface area contributed by atoms with Crippen molar-refractivity contribution in [3.63, 3.8) is 0 Å². The Morgan fingerprint density at radius 3 is 2.66 bits per heavy atom. The van der Waals surface area contributed by atoms with E-state index < -0.39 is 0 Å². The maximum atomic E-state index is 9.09. The molecule has 0 spiro atoms. The van der Waals surface area contributed by atoms with Gasteiger partial charge in [0.25, 0.3) is 0 Å². The zero-order chi connectivity index (χ0) is 26.6. The number of likely N-dealkylation sites (tertiary alicyclic amines) is 1. The van der Waals surface area contributed by atoms with Crippen molar-refractivity contribution >= 4 is 57.1 Å². The van der Waals surface area contributed by atoms with Crippen molar-refractivity contribution in [2.75, 3.05) is 49.1 Å². The van der Waals surface area contributed by atoms with Gasteiger partial charge in [0.2, 0.25) is 5.95 Å². The number of nitrogens with one attached hydrogen (secondary N) is 2. The number of fused-ring (bicyclic) bond motifs is 1. The summed E-state index contributed by atoms with van der Waals surface area (Å²) in [5, 5.41) is 22.0. The lowest BCUT2D eigenvalue weighted by molar-refractivity contribution is 0.193. The summed E-state index contributed by atoms with van der Waals surface area (Å²) >= 11 is 13.8. The summed E-state index contributed by atoms with van der Waals surface area (Å²) in [4.78, 5) is 16.7. The number of nitrogens with two attached hydrogens (primary N) is 1. The van der Waals surface area contributed by atoms with E-state index in [1.54, 1.807) is 16.6 Å². The maximum Gasteiger partial charge on any atom is 0.226 e. The molecule has 4 heterocycles. The molecule has 3 aromatic heterocycles. The van der Waals surface area contributed by atoms with Gasteiger partial charge in [0.1, 0.15) is 10.9 Å². The number of hydrogen-bond donors (Lipinski definition) is 3. The van der Waals surface area contributed by atoms with Gasteiger partial charge in [-0.1, -0.05) is 41.5 Å². The van der Waals surface area contributed by atoms with Crippen LogP contribution in [-0.4, -0.2) is 62.2 Å². The topological polar surface area (TPSA) is 133 Å². The number of nitrogens with zero attached hydrogens (tertiary/aromatic N) is 7. The summed E-state index contributed by atoms with van der Waals surface area (Å²) < 4.78 is 1.73. The highest BCUT2D eigenvalue weighted by atomic mass is 35.5. The van der Waals surface area contributed by atoms with E-state index in [9.17, 15) is 0 Å². The predicted molar refractivity (Wildman–Crippen MR) is 153 cm³/mol. The van der Waals surface area contributed by atoms with Crippen molar-refractivity contribution in [3.8, 4) is 17.3 Å². The van der Waals surface area contributed by atoms with Crippen LogP contribution in [0.1, 0.15) is 30.5 Å². The Balaban J connectivity index is 1.35. The van der Waals surface area contributed by atoms with Gasteiger partial charge in [-0.3, -0.25) is 0 Å². The first-order chi connectivity index (χ1) is 18.4. The van der Waals surface area contributed by atoms with E-state index in [1.807, 2.05) is 18.2 Å². The van der Waals surface area contributed by atoms with Crippen molar-refractivity contribution in [1.29, 1.82) is 5.26 Å². The molecule has 10 nitrogen and oxygen atoms in total. The Morgan fingerprint density at radius 2 is 1.92 bits per heavy atom. The molecule has 4 N–H and O–H groups in total. The van der Waals surface area contributed by atoms with Crippen LogP contribution in [-0.2, 0) is 6.42 Å². The third-order valence-electron chi connectivity index (χ3n) is 6.54. The number of rotatable bonds is 9. The highest BCUT2D eigenvalue weighted by molar-refractivity contribution is 7.16. The van der Waals surface area contributed by atoms with Crippen LogP contribution in [0.15, 0.2) is 24.3 Å². The van der Waals surface area contributed by atoms with E-state index >= 15 is 0 Å². The molecule has 13 heteroatoms. The molecule has 0 saturated carbocycles. The Kier molecular flexibility index (Phi) is 8.14. The fraction of sp³-hybridized carbons (Fsp3) is 0.400. The van der Waals surface area contributed by atoms with Gasteiger partial charge in [-0.15, -0.1) is 5.10 Å². The molecule has 4 aromatic rings. The van der Waals surface area contributed by atoms with Gasteiger partial charge >= 0.3 is 0 Å². The fourth-order valence-electron chi connectivity index (χ4n) is 4.36. The molecule has 38 heavy (non-hydrogen) atoms. The number of piperidine rings is 1. The molecule has 0 atom stereocenters. The van der Waals surface area contributed by atoms with Crippen molar-refractivity contribution in [2.45, 2.75) is 26.2 Å². The average molecular weight is 572 g/mol. The van der Waals surface area contributed by atoms with Crippen LogP contribution in [0.2, 0.25) is 10.0 Å². The minimum atomic E-state index is 0.234. The Labute approximate surface area is 234 Å². The molecule has 1 saturated heterocycles. The van der Waals surface area contributed by atoms with Crippen LogP contribution >= 0.6 is 34.5 Å². The number of aromatic nitrogens is 5. The summed E-state index contributed by atoms with van der Waals surface area (Å²) in [6.45, 7) is 6.54. The minimum absolute atomic E-state index is 0.234. The van der Waals surface area contributed by atoms with Gasteiger partial charge in [0, 0.05) is 42.7 Å². The van der Waals surface area contributed by atoms with Crippen molar-refractivity contribution in [2.24, 2.45) is 5.92 Å². The highest BCUT2D eigenvalue weighted by Gasteiger charge is 2.18. The zero-order valence-corrected chi connectivity index (χ0v) is 23.2. The second kappa shape index (κ2) is 11.7. The molecule has 1 aliphatic rings. The van der Waals surface area contributed by atoms with Crippen LogP contribution < -0.4 is 16.4 Å². The SMILES string of the molecule is CC1CCN(CCc2nc3cc(-c4ccc(Cl)cc4Cl)nc(NCCNc4nc(N)c(C#N)s4)n3n2)CC1. The van der Waals surface area contributed by atoms with Gasteiger partial charge in [-0.2, -0.15) is 9.78 Å². The molecule has 0 bridgehead atoms. The molecule has 198 valence electrons. The third-order valence-corrected chi connectivity index (χ3v) is 8.02. The summed E-state index contributed by atoms with van der Waals surface area (Å²) in [6.07, 6.45) is 3.24. The van der Waals surface area contributed by atoms with Crippen LogP contribution in [0.5, 0.6) is 0 Å². The highest BCUT2D eigenvalue weighted by Crippen LogP contribution is 2.31. The number of anilines is 3. The van der Waals surface area contributed by atoms with E-state index in [4.69, 9.17) is 49.3 Å². The Morgan fingerprint density at radius 1 is 1.13 bits per heavy atom.